The van der Waals surface area contributed by atoms with Gasteiger partial charge in [-0.2, -0.15) is 13.2 Å². The van der Waals surface area contributed by atoms with E-state index in [9.17, 15) is 13.2 Å². The van der Waals surface area contributed by atoms with Gasteiger partial charge in [-0.05, 0) is 37.6 Å². The molecule has 0 radical (unpaired) electrons. The number of hydrogen-bond acceptors (Lipinski definition) is 3. The van der Waals surface area contributed by atoms with Gasteiger partial charge in [-0.3, -0.25) is 0 Å². The average Bonchev–Trinajstić information content (AvgIpc) is 2.84. The number of halogens is 3. The molecular formula is C15H17F3N2S. The van der Waals surface area contributed by atoms with Crippen LogP contribution in [0.15, 0.2) is 29.8 Å². The number of hydrogen-bond donors (Lipinski definition) is 1. The van der Waals surface area contributed by atoms with Crippen molar-refractivity contribution in [2.24, 2.45) is 0 Å². The zero-order chi connectivity index (χ0) is 15.5. The Bertz CT molecular complexity index is 575. The fourth-order valence-electron chi connectivity index (χ4n) is 2.21. The van der Waals surface area contributed by atoms with Crippen LogP contribution in [0.5, 0.6) is 0 Å². The van der Waals surface area contributed by atoms with Crippen molar-refractivity contribution >= 4 is 11.3 Å². The van der Waals surface area contributed by atoms with E-state index in [0.717, 1.165) is 34.8 Å². The number of nitrogens with one attached hydrogen (secondary N) is 1. The molecule has 1 unspecified atom stereocenters. The molecule has 0 fully saturated rings. The van der Waals surface area contributed by atoms with E-state index in [2.05, 4.69) is 10.3 Å². The van der Waals surface area contributed by atoms with E-state index in [1.54, 1.807) is 29.0 Å². The Balaban J connectivity index is 2.16. The first-order valence-electron chi connectivity index (χ1n) is 6.71. The van der Waals surface area contributed by atoms with E-state index in [-0.39, 0.29) is 6.04 Å². The van der Waals surface area contributed by atoms with Gasteiger partial charge in [-0.15, -0.1) is 11.3 Å². The lowest BCUT2D eigenvalue weighted by Crippen LogP contribution is -2.22. The molecule has 1 heterocycles. The lowest BCUT2D eigenvalue weighted by atomic mass is 10.0. The molecule has 1 aromatic carbocycles. The first-order chi connectivity index (χ1) is 9.91. The number of aryl methyl sites for hydroxylation is 1. The topological polar surface area (TPSA) is 24.9 Å². The Hall–Kier alpha value is -1.40. The van der Waals surface area contributed by atoms with Crippen LogP contribution >= 0.6 is 11.3 Å². The summed E-state index contributed by atoms with van der Waals surface area (Å²) in [5.74, 6) is 0. The van der Waals surface area contributed by atoms with Crippen LogP contribution in [0.25, 0.3) is 0 Å². The molecule has 2 nitrogen and oxygen atoms in total. The molecule has 6 heteroatoms. The van der Waals surface area contributed by atoms with E-state index in [1.165, 1.54) is 0 Å². The molecular weight excluding hydrogens is 297 g/mol. The van der Waals surface area contributed by atoms with E-state index < -0.39 is 11.7 Å². The molecule has 1 aromatic heterocycles. The molecule has 0 aliphatic heterocycles. The highest BCUT2D eigenvalue weighted by atomic mass is 32.1. The summed E-state index contributed by atoms with van der Waals surface area (Å²) in [4.78, 5) is 5.37. The van der Waals surface area contributed by atoms with Gasteiger partial charge in [0.05, 0.1) is 16.8 Å². The first kappa shape index (κ1) is 16.0. The van der Waals surface area contributed by atoms with Crippen LogP contribution in [0.1, 0.15) is 34.7 Å². The summed E-state index contributed by atoms with van der Waals surface area (Å²) < 4.78 is 37.7. The van der Waals surface area contributed by atoms with Gasteiger partial charge < -0.3 is 5.32 Å². The molecule has 2 aromatic rings. The molecule has 2 rings (SSSR count). The van der Waals surface area contributed by atoms with Gasteiger partial charge in [-0.1, -0.05) is 19.1 Å². The highest BCUT2D eigenvalue weighted by molar-refractivity contribution is 7.09. The van der Waals surface area contributed by atoms with Gasteiger partial charge in [0.1, 0.15) is 0 Å². The van der Waals surface area contributed by atoms with Gasteiger partial charge in [0.25, 0.3) is 0 Å². The molecule has 0 aliphatic rings. The van der Waals surface area contributed by atoms with Crippen LogP contribution in [0, 0.1) is 6.92 Å². The minimum Gasteiger partial charge on any atom is -0.309 e. The largest absolute Gasteiger partial charge is 0.416 e. The fraction of sp³-hybridized carbons (Fsp3) is 0.400. The number of aromatic nitrogens is 1. The monoisotopic (exact) mass is 314 g/mol. The van der Waals surface area contributed by atoms with Gasteiger partial charge in [0, 0.05) is 10.9 Å². The van der Waals surface area contributed by atoms with Crippen LogP contribution in [0.3, 0.4) is 0 Å². The number of thiazole rings is 1. The number of alkyl halides is 3. The molecule has 1 N–H and O–H groups in total. The summed E-state index contributed by atoms with van der Waals surface area (Å²) in [6, 6.07) is 5.45. The minimum atomic E-state index is -4.28. The van der Waals surface area contributed by atoms with Crippen molar-refractivity contribution in [1.29, 1.82) is 0 Å². The summed E-state index contributed by atoms with van der Waals surface area (Å²) >= 11 is 1.57. The lowest BCUT2D eigenvalue weighted by molar-refractivity contribution is -0.137. The maximum absolute atomic E-state index is 12.6. The molecule has 0 saturated carbocycles. The predicted octanol–water partition coefficient (Wildman–Crippen LogP) is 4.36. The fourth-order valence-corrected chi connectivity index (χ4v) is 3.09. The molecule has 0 saturated heterocycles. The Morgan fingerprint density at radius 3 is 2.38 bits per heavy atom. The van der Waals surface area contributed by atoms with Crippen molar-refractivity contribution in [2.45, 2.75) is 32.5 Å². The Morgan fingerprint density at radius 1 is 1.24 bits per heavy atom. The minimum absolute atomic E-state index is 0.0826. The molecule has 0 amide bonds. The third-order valence-electron chi connectivity index (χ3n) is 3.27. The van der Waals surface area contributed by atoms with Crippen molar-refractivity contribution in [3.05, 3.63) is 51.5 Å². The van der Waals surface area contributed by atoms with Crippen molar-refractivity contribution in [1.82, 2.24) is 10.3 Å². The second kappa shape index (κ2) is 6.58. The summed E-state index contributed by atoms with van der Waals surface area (Å²) in [5, 5.41) is 3.37. The van der Waals surface area contributed by atoms with Gasteiger partial charge in [0.15, 0.2) is 0 Å². The van der Waals surface area contributed by atoms with Crippen molar-refractivity contribution in [3.8, 4) is 0 Å². The molecule has 0 bridgehead atoms. The Labute approximate surface area is 126 Å². The molecule has 114 valence electrons. The Kier molecular flexibility index (Phi) is 5.00. The van der Waals surface area contributed by atoms with Crippen molar-refractivity contribution < 1.29 is 13.2 Å². The van der Waals surface area contributed by atoms with E-state index in [4.69, 9.17) is 0 Å². The molecule has 0 spiro atoms. The number of likely N-dealkylation sites (N-methyl/N-ethyl adjacent to an activating group) is 1. The highest BCUT2D eigenvalue weighted by Crippen LogP contribution is 2.30. The summed E-state index contributed by atoms with van der Waals surface area (Å²) in [6.07, 6.45) is -3.64. The second-order valence-corrected chi connectivity index (χ2v) is 5.70. The standard InChI is InChI=1S/C15H17F3N2S/c1-3-19-13(14-10(2)20-9-21-14)8-11-4-6-12(7-5-11)15(16,17)18/h4-7,9,13,19H,3,8H2,1-2H3. The number of nitrogens with zero attached hydrogens (tertiary/aromatic N) is 1. The number of rotatable bonds is 5. The van der Waals surface area contributed by atoms with Crippen LogP contribution < -0.4 is 5.32 Å². The lowest BCUT2D eigenvalue weighted by Gasteiger charge is -2.17. The maximum Gasteiger partial charge on any atom is 0.416 e. The molecule has 0 aliphatic carbocycles. The van der Waals surface area contributed by atoms with Crippen LogP contribution in [0.2, 0.25) is 0 Å². The summed E-state index contributed by atoms with van der Waals surface area (Å²) in [6.45, 7) is 4.75. The maximum atomic E-state index is 12.6. The quantitative estimate of drug-likeness (QED) is 0.887. The predicted molar refractivity (Wildman–Crippen MR) is 78.4 cm³/mol. The normalized spacial score (nSPS) is 13.4. The Morgan fingerprint density at radius 2 is 1.90 bits per heavy atom. The highest BCUT2D eigenvalue weighted by Gasteiger charge is 2.30. The average molecular weight is 314 g/mol. The van der Waals surface area contributed by atoms with Crippen LogP contribution in [-0.4, -0.2) is 11.5 Å². The zero-order valence-electron chi connectivity index (χ0n) is 11.9. The second-order valence-electron chi connectivity index (χ2n) is 4.81. The summed E-state index contributed by atoms with van der Waals surface area (Å²) in [5.41, 5.74) is 3.03. The SMILES string of the molecule is CCNC(Cc1ccc(C(F)(F)F)cc1)c1scnc1C. The van der Waals surface area contributed by atoms with Crippen molar-refractivity contribution in [2.75, 3.05) is 6.54 Å². The third-order valence-corrected chi connectivity index (χ3v) is 4.32. The smallest absolute Gasteiger partial charge is 0.309 e. The van der Waals surface area contributed by atoms with E-state index in [1.807, 2.05) is 13.8 Å². The summed E-state index contributed by atoms with van der Waals surface area (Å²) in [7, 11) is 0. The first-order valence-corrected chi connectivity index (χ1v) is 7.59. The van der Waals surface area contributed by atoms with Gasteiger partial charge in [0.2, 0.25) is 0 Å². The van der Waals surface area contributed by atoms with Gasteiger partial charge >= 0.3 is 6.18 Å². The van der Waals surface area contributed by atoms with Crippen molar-refractivity contribution in [3.63, 3.8) is 0 Å². The molecule has 21 heavy (non-hydrogen) atoms. The molecule has 1 atom stereocenters. The van der Waals surface area contributed by atoms with Crippen LogP contribution in [-0.2, 0) is 12.6 Å². The van der Waals surface area contributed by atoms with E-state index in [0.29, 0.717) is 6.42 Å². The zero-order valence-corrected chi connectivity index (χ0v) is 12.7. The number of benzene rings is 1. The van der Waals surface area contributed by atoms with Crippen LogP contribution in [0.4, 0.5) is 13.2 Å². The third kappa shape index (κ3) is 4.04. The van der Waals surface area contributed by atoms with E-state index >= 15 is 0 Å². The van der Waals surface area contributed by atoms with Gasteiger partial charge in [-0.25, -0.2) is 4.98 Å².